The van der Waals surface area contributed by atoms with E-state index in [-0.39, 0.29) is 17.8 Å². The Bertz CT molecular complexity index is 540. The van der Waals surface area contributed by atoms with Crippen molar-refractivity contribution in [2.45, 2.75) is 53.9 Å². The van der Waals surface area contributed by atoms with Gasteiger partial charge in [0.25, 0.3) is 0 Å². The van der Waals surface area contributed by atoms with E-state index in [9.17, 15) is 5.11 Å². The molecule has 0 aliphatic heterocycles. The SMILES string of the molecule is CC1=C(/C=C/C(C)=C/C=C/C(C)=C(\O)CO)C(C)(C)CCC1. The molecule has 2 nitrogen and oxygen atoms in total. The van der Waals surface area contributed by atoms with Gasteiger partial charge in [0.15, 0.2) is 0 Å². The topological polar surface area (TPSA) is 40.5 Å². The van der Waals surface area contributed by atoms with Crippen molar-refractivity contribution in [3.63, 3.8) is 0 Å². The second kappa shape index (κ2) is 8.19. The molecule has 0 fully saturated rings. The maximum Gasteiger partial charge on any atom is 0.121 e. The van der Waals surface area contributed by atoms with E-state index in [2.05, 4.69) is 39.8 Å². The van der Waals surface area contributed by atoms with Crippen LogP contribution < -0.4 is 0 Å². The summed E-state index contributed by atoms with van der Waals surface area (Å²) in [5, 5.41) is 18.2. The molecule has 0 amide bonds. The third-order valence-electron chi connectivity index (χ3n) is 4.37. The maximum atomic E-state index is 9.39. The summed E-state index contributed by atoms with van der Waals surface area (Å²) in [6.45, 7) is 10.4. The van der Waals surface area contributed by atoms with E-state index in [0.29, 0.717) is 5.57 Å². The Morgan fingerprint density at radius 1 is 1.23 bits per heavy atom. The second-order valence-electron chi connectivity index (χ2n) is 6.82. The van der Waals surface area contributed by atoms with Crippen LogP contribution in [0.15, 0.2) is 58.4 Å². The quantitative estimate of drug-likeness (QED) is 0.527. The van der Waals surface area contributed by atoms with Gasteiger partial charge in [-0.3, -0.25) is 0 Å². The second-order valence-corrected chi connectivity index (χ2v) is 6.82. The van der Waals surface area contributed by atoms with E-state index >= 15 is 0 Å². The standard InChI is InChI=1S/C20H30O2/c1-15(8-6-9-17(3)19(22)14-21)11-12-18-16(2)10-7-13-20(18,4)5/h6,8-9,11-12,21-22H,7,10,13-14H2,1-5H3/b9-6+,12-11+,15-8+,19-17-. The molecular weight excluding hydrogens is 272 g/mol. The van der Waals surface area contributed by atoms with Crippen LogP contribution in [0.4, 0.5) is 0 Å². The van der Waals surface area contributed by atoms with Gasteiger partial charge in [0.2, 0.25) is 0 Å². The van der Waals surface area contributed by atoms with Gasteiger partial charge in [-0.1, -0.05) is 55.4 Å². The molecular formula is C20H30O2. The summed E-state index contributed by atoms with van der Waals surface area (Å²) < 4.78 is 0. The van der Waals surface area contributed by atoms with Gasteiger partial charge < -0.3 is 10.2 Å². The molecule has 0 aromatic carbocycles. The highest BCUT2D eigenvalue weighted by molar-refractivity contribution is 5.37. The number of hydrogen-bond acceptors (Lipinski definition) is 2. The van der Waals surface area contributed by atoms with Gasteiger partial charge in [-0.2, -0.15) is 0 Å². The van der Waals surface area contributed by atoms with Crippen LogP contribution in [0.2, 0.25) is 0 Å². The van der Waals surface area contributed by atoms with E-state index in [1.807, 2.05) is 12.2 Å². The third-order valence-corrected chi connectivity index (χ3v) is 4.37. The molecule has 0 saturated carbocycles. The highest BCUT2D eigenvalue weighted by Gasteiger charge is 2.26. The smallest absolute Gasteiger partial charge is 0.121 e. The van der Waals surface area contributed by atoms with Crippen LogP contribution in [0.5, 0.6) is 0 Å². The molecule has 1 aliphatic rings. The molecule has 22 heavy (non-hydrogen) atoms. The van der Waals surface area contributed by atoms with E-state index in [1.54, 1.807) is 13.0 Å². The molecule has 0 aromatic rings. The Morgan fingerprint density at radius 3 is 2.50 bits per heavy atom. The molecule has 0 aromatic heterocycles. The van der Waals surface area contributed by atoms with E-state index in [4.69, 9.17) is 5.11 Å². The Balaban J connectivity index is 2.82. The summed E-state index contributed by atoms with van der Waals surface area (Å²) in [6.07, 6.45) is 13.9. The Morgan fingerprint density at radius 2 is 1.91 bits per heavy atom. The van der Waals surface area contributed by atoms with Crippen LogP contribution in [-0.2, 0) is 0 Å². The van der Waals surface area contributed by atoms with Crippen LogP contribution in [-0.4, -0.2) is 16.8 Å². The lowest BCUT2D eigenvalue weighted by Crippen LogP contribution is -2.19. The number of allylic oxidation sites excluding steroid dienone is 9. The molecule has 0 radical (unpaired) electrons. The zero-order valence-corrected chi connectivity index (χ0v) is 14.6. The van der Waals surface area contributed by atoms with Gasteiger partial charge in [-0.15, -0.1) is 0 Å². The Labute approximate surface area is 135 Å². The first-order valence-electron chi connectivity index (χ1n) is 8.01. The molecule has 0 heterocycles. The van der Waals surface area contributed by atoms with Crippen molar-refractivity contribution in [3.8, 4) is 0 Å². The molecule has 1 rings (SSSR count). The van der Waals surface area contributed by atoms with E-state index in [1.165, 1.54) is 30.4 Å². The van der Waals surface area contributed by atoms with Crippen molar-refractivity contribution in [1.29, 1.82) is 0 Å². The maximum absolute atomic E-state index is 9.39. The molecule has 0 saturated heterocycles. The van der Waals surface area contributed by atoms with Gasteiger partial charge in [0.05, 0.1) is 0 Å². The highest BCUT2D eigenvalue weighted by atomic mass is 16.3. The number of hydrogen-bond donors (Lipinski definition) is 2. The normalized spacial score (nSPS) is 20.9. The van der Waals surface area contributed by atoms with Crippen molar-refractivity contribution in [2.75, 3.05) is 6.61 Å². The van der Waals surface area contributed by atoms with Gasteiger partial charge in [-0.25, -0.2) is 0 Å². The van der Waals surface area contributed by atoms with Gasteiger partial charge >= 0.3 is 0 Å². The van der Waals surface area contributed by atoms with Crippen LogP contribution in [0.3, 0.4) is 0 Å². The number of aliphatic hydroxyl groups is 2. The van der Waals surface area contributed by atoms with Gasteiger partial charge in [0, 0.05) is 0 Å². The zero-order valence-electron chi connectivity index (χ0n) is 14.6. The fourth-order valence-corrected chi connectivity index (χ4v) is 2.85. The summed E-state index contributed by atoms with van der Waals surface area (Å²) in [5.74, 6) is 0.0163. The van der Waals surface area contributed by atoms with Crippen LogP contribution in [0.25, 0.3) is 0 Å². The number of aliphatic hydroxyl groups excluding tert-OH is 2. The minimum absolute atomic E-state index is 0.0163. The molecule has 1 aliphatic carbocycles. The molecule has 0 atom stereocenters. The van der Waals surface area contributed by atoms with Crippen LogP contribution in [0.1, 0.15) is 53.9 Å². The van der Waals surface area contributed by atoms with Crippen molar-refractivity contribution in [2.24, 2.45) is 5.41 Å². The Hall–Kier alpha value is -1.54. The highest BCUT2D eigenvalue weighted by Crippen LogP contribution is 2.40. The molecule has 2 heteroatoms. The Kier molecular flexibility index (Phi) is 6.89. The summed E-state index contributed by atoms with van der Waals surface area (Å²) in [5.41, 5.74) is 5.07. The average molecular weight is 302 g/mol. The lowest BCUT2D eigenvalue weighted by atomic mass is 9.72. The van der Waals surface area contributed by atoms with Gasteiger partial charge in [-0.05, 0) is 56.6 Å². The summed E-state index contributed by atoms with van der Waals surface area (Å²) in [6, 6.07) is 0. The largest absolute Gasteiger partial charge is 0.510 e. The summed E-state index contributed by atoms with van der Waals surface area (Å²) in [7, 11) is 0. The van der Waals surface area contributed by atoms with Gasteiger partial charge in [0.1, 0.15) is 12.4 Å². The third kappa shape index (κ3) is 5.34. The van der Waals surface area contributed by atoms with E-state index in [0.717, 1.165) is 5.57 Å². The molecule has 0 spiro atoms. The molecule has 0 unspecified atom stereocenters. The first-order valence-corrected chi connectivity index (χ1v) is 8.01. The predicted molar refractivity (Wildman–Crippen MR) is 94.8 cm³/mol. The van der Waals surface area contributed by atoms with Crippen molar-refractivity contribution >= 4 is 0 Å². The zero-order chi connectivity index (χ0) is 16.8. The minimum atomic E-state index is -0.318. The predicted octanol–water partition coefficient (Wildman–Crippen LogP) is 5.40. The van der Waals surface area contributed by atoms with Crippen LogP contribution in [0, 0.1) is 5.41 Å². The fourth-order valence-electron chi connectivity index (χ4n) is 2.85. The van der Waals surface area contributed by atoms with Crippen molar-refractivity contribution < 1.29 is 10.2 Å². The van der Waals surface area contributed by atoms with E-state index < -0.39 is 0 Å². The van der Waals surface area contributed by atoms with Crippen LogP contribution >= 0.6 is 0 Å². The summed E-state index contributed by atoms with van der Waals surface area (Å²) >= 11 is 0. The molecule has 2 N–H and O–H groups in total. The number of rotatable bonds is 5. The first-order chi connectivity index (χ1) is 10.3. The minimum Gasteiger partial charge on any atom is -0.510 e. The molecule has 122 valence electrons. The lowest BCUT2D eigenvalue weighted by Gasteiger charge is -2.32. The lowest BCUT2D eigenvalue weighted by molar-refractivity contribution is 0.251. The molecule has 0 bridgehead atoms. The average Bonchev–Trinajstić information content (AvgIpc) is 2.45. The fraction of sp³-hybridized carbons (Fsp3) is 0.500. The summed E-state index contributed by atoms with van der Waals surface area (Å²) in [4.78, 5) is 0. The monoisotopic (exact) mass is 302 g/mol. The van der Waals surface area contributed by atoms with Crippen molar-refractivity contribution in [3.05, 3.63) is 58.4 Å². The van der Waals surface area contributed by atoms with Crippen molar-refractivity contribution in [1.82, 2.24) is 0 Å². The first kappa shape index (κ1) is 18.5.